The minimum Gasteiger partial charge on any atom is -0.271 e. The van der Waals surface area contributed by atoms with Crippen LogP contribution in [0.4, 0.5) is 0 Å². The van der Waals surface area contributed by atoms with E-state index in [1.165, 1.54) is 0 Å². The highest BCUT2D eigenvalue weighted by Crippen LogP contribution is 2.17. The van der Waals surface area contributed by atoms with E-state index in [4.69, 9.17) is 5.84 Å². The molecule has 10 heavy (non-hydrogen) atoms. The van der Waals surface area contributed by atoms with Crippen LogP contribution in [0, 0.1) is 5.92 Å². The SMILES string of the molecule is C[C@H]1CS(=O)(=O)C[C@@H]1NN. The molecule has 60 valence electrons. The molecule has 5 heteroatoms. The molecule has 1 aliphatic heterocycles. The number of rotatable bonds is 1. The van der Waals surface area contributed by atoms with Gasteiger partial charge < -0.3 is 0 Å². The summed E-state index contributed by atoms with van der Waals surface area (Å²) in [5.41, 5.74) is 2.49. The molecule has 0 aromatic heterocycles. The standard InChI is InChI=1S/C5H12N2O2S/c1-4-2-10(8,9)3-5(4)7-6/h4-5,7H,2-3,6H2,1H3/t4-,5-/m0/s1. The summed E-state index contributed by atoms with van der Waals surface area (Å²) in [6.07, 6.45) is 0. The largest absolute Gasteiger partial charge is 0.271 e. The second kappa shape index (κ2) is 2.48. The molecule has 0 aliphatic carbocycles. The van der Waals surface area contributed by atoms with Gasteiger partial charge in [0.1, 0.15) is 0 Å². The summed E-state index contributed by atoms with van der Waals surface area (Å²) >= 11 is 0. The van der Waals surface area contributed by atoms with Crippen LogP contribution in [0.2, 0.25) is 0 Å². The van der Waals surface area contributed by atoms with E-state index in [-0.39, 0.29) is 23.5 Å². The molecule has 3 N–H and O–H groups in total. The van der Waals surface area contributed by atoms with Crippen molar-refractivity contribution in [2.45, 2.75) is 13.0 Å². The Morgan fingerprint density at radius 3 is 2.30 bits per heavy atom. The third-order valence-electron chi connectivity index (χ3n) is 1.85. The van der Waals surface area contributed by atoms with Crippen LogP contribution >= 0.6 is 0 Å². The molecule has 4 nitrogen and oxygen atoms in total. The van der Waals surface area contributed by atoms with Crippen molar-refractivity contribution >= 4 is 9.84 Å². The van der Waals surface area contributed by atoms with Gasteiger partial charge in [-0.15, -0.1) is 0 Å². The van der Waals surface area contributed by atoms with Gasteiger partial charge in [0.15, 0.2) is 9.84 Å². The highest BCUT2D eigenvalue weighted by molar-refractivity contribution is 7.91. The van der Waals surface area contributed by atoms with Crippen LogP contribution in [0.3, 0.4) is 0 Å². The van der Waals surface area contributed by atoms with E-state index < -0.39 is 9.84 Å². The zero-order chi connectivity index (χ0) is 7.78. The van der Waals surface area contributed by atoms with E-state index >= 15 is 0 Å². The van der Waals surface area contributed by atoms with Crippen molar-refractivity contribution < 1.29 is 8.42 Å². The van der Waals surface area contributed by atoms with E-state index in [1.54, 1.807) is 0 Å². The van der Waals surface area contributed by atoms with Gasteiger partial charge in [0.05, 0.1) is 11.5 Å². The quantitative estimate of drug-likeness (QED) is 0.380. The van der Waals surface area contributed by atoms with Crippen LogP contribution in [0.5, 0.6) is 0 Å². The average Bonchev–Trinajstić information content (AvgIpc) is 2.05. The van der Waals surface area contributed by atoms with Gasteiger partial charge in [-0.2, -0.15) is 0 Å². The molecule has 1 saturated heterocycles. The average molecular weight is 164 g/mol. The second-order valence-corrected chi connectivity index (χ2v) is 4.98. The molecule has 0 bridgehead atoms. The number of nitrogens with two attached hydrogens (primary N) is 1. The fraction of sp³-hybridized carbons (Fsp3) is 1.00. The molecular weight excluding hydrogens is 152 g/mol. The molecule has 0 radical (unpaired) electrons. The first kappa shape index (κ1) is 7.97. The maximum absolute atomic E-state index is 10.9. The van der Waals surface area contributed by atoms with Gasteiger partial charge in [0.2, 0.25) is 0 Å². The first-order valence-electron chi connectivity index (χ1n) is 3.22. The van der Waals surface area contributed by atoms with Crippen LogP contribution in [-0.4, -0.2) is 26.0 Å². The van der Waals surface area contributed by atoms with Gasteiger partial charge in [-0.05, 0) is 5.92 Å². The zero-order valence-corrected chi connectivity index (χ0v) is 6.69. The van der Waals surface area contributed by atoms with E-state index in [2.05, 4.69) is 5.43 Å². The van der Waals surface area contributed by atoms with E-state index in [1.807, 2.05) is 6.92 Å². The number of hydrazine groups is 1. The molecule has 1 heterocycles. The molecule has 0 aromatic rings. The Morgan fingerprint density at radius 1 is 1.50 bits per heavy atom. The Morgan fingerprint density at radius 2 is 2.10 bits per heavy atom. The van der Waals surface area contributed by atoms with Crippen LogP contribution in [0.25, 0.3) is 0 Å². The zero-order valence-electron chi connectivity index (χ0n) is 5.87. The lowest BCUT2D eigenvalue weighted by atomic mass is 10.1. The monoisotopic (exact) mass is 164 g/mol. The van der Waals surface area contributed by atoms with Crippen molar-refractivity contribution in [1.82, 2.24) is 5.43 Å². The van der Waals surface area contributed by atoms with Crippen LogP contribution in [0.15, 0.2) is 0 Å². The molecule has 0 saturated carbocycles. The smallest absolute Gasteiger partial charge is 0.152 e. The first-order valence-corrected chi connectivity index (χ1v) is 5.04. The van der Waals surface area contributed by atoms with Crippen LogP contribution < -0.4 is 11.3 Å². The van der Waals surface area contributed by atoms with E-state index in [0.717, 1.165) is 0 Å². The minimum atomic E-state index is -2.80. The topological polar surface area (TPSA) is 72.2 Å². The second-order valence-electron chi connectivity index (χ2n) is 2.83. The van der Waals surface area contributed by atoms with Gasteiger partial charge in [0, 0.05) is 6.04 Å². The highest BCUT2D eigenvalue weighted by Gasteiger charge is 2.33. The van der Waals surface area contributed by atoms with Gasteiger partial charge in [-0.25, -0.2) is 8.42 Å². The molecular formula is C5H12N2O2S. The molecule has 0 aromatic carbocycles. The van der Waals surface area contributed by atoms with Crippen molar-refractivity contribution in [2.24, 2.45) is 11.8 Å². The highest BCUT2D eigenvalue weighted by atomic mass is 32.2. The Balaban J connectivity index is 2.71. The predicted molar refractivity (Wildman–Crippen MR) is 38.9 cm³/mol. The van der Waals surface area contributed by atoms with Crippen molar-refractivity contribution in [3.63, 3.8) is 0 Å². The number of hydrogen-bond donors (Lipinski definition) is 2. The van der Waals surface area contributed by atoms with Gasteiger partial charge >= 0.3 is 0 Å². The molecule has 0 amide bonds. The number of sulfone groups is 1. The lowest BCUT2D eigenvalue weighted by Crippen LogP contribution is -2.39. The van der Waals surface area contributed by atoms with Gasteiger partial charge in [-0.1, -0.05) is 6.92 Å². The van der Waals surface area contributed by atoms with Crippen molar-refractivity contribution in [1.29, 1.82) is 0 Å². The normalized spacial score (nSPS) is 38.2. The van der Waals surface area contributed by atoms with Crippen LogP contribution in [0.1, 0.15) is 6.92 Å². The summed E-state index contributed by atoms with van der Waals surface area (Å²) in [6, 6.07) is -0.0509. The first-order chi connectivity index (χ1) is 4.55. The maximum Gasteiger partial charge on any atom is 0.152 e. The summed E-state index contributed by atoms with van der Waals surface area (Å²) in [7, 11) is -2.80. The van der Waals surface area contributed by atoms with E-state index in [9.17, 15) is 8.42 Å². The van der Waals surface area contributed by atoms with Crippen molar-refractivity contribution in [3.05, 3.63) is 0 Å². The Labute approximate surface area is 60.7 Å². The number of nitrogens with one attached hydrogen (secondary N) is 1. The fourth-order valence-electron chi connectivity index (χ4n) is 1.23. The maximum atomic E-state index is 10.9. The summed E-state index contributed by atoms with van der Waals surface area (Å²) in [5.74, 6) is 5.73. The molecule has 1 rings (SSSR count). The summed E-state index contributed by atoms with van der Waals surface area (Å²) in [4.78, 5) is 0. The third kappa shape index (κ3) is 1.47. The summed E-state index contributed by atoms with van der Waals surface area (Å²) in [6.45, 7) is 1.88. The lowest BCUT2D eigenvalue weighted by molar-refractivity contribution is 0.466. The molecule has 1 fully saturated rings. The molecule has 0 unspecified atom stereocenters. The summed E-state index contributed by atoms with van der Waals surface area (Å²) in [5, 5.41) is 0. The molecule has 0 spiro atoms. The lowest BCUT2D eigenvalue weighted by Gasteiger charge is -2.09. The van der Waals surface area contributed by atoms with Crippen molar-refractivity contribution in [3.8, 4) is 0 Å². The van der Waals surface area contributed by atoms with Crippen LogP contribution in [-0.2, 0) is 9.84 Å². The van der Waals surface area contributed by atoms with Crippen molar-refractivity contribution in [2.75, 3.05) is 11.5 Å². The Kier molecular flexibility index (Phi) is 1.98. The number of hydrogen-bond acceptors (Lipinski definition) is 4. The summed E-state index contributed by atoms with van der Waals surface area (Å²) < 4.78 is 21.8. The van der Waals surface area contributed by atoms with Gasteiger partial charge in [-0.3, -0.25) is 11.3 Å². The Hall–Kier alpha value is -0.130. The predicted octanol–water partition coefficient (Wildman–Crippen LogP) is -1.12. The minimum absolute atomic E-state index is 0.0509. The molecule has 1 aliphatic rings. The van der Waals surface area contributed by atoms with Gasteiger partial charge in [0.25, 0.3) is 0 Å². The molecule has 2 atom stereocenters. The Bertz CT molecular complexity index is 212. The van der Waals surface area contributed by atoms with E-state index in [0.29, 0.717) is 0 Å². The fourth-order valence-corrected chi connectivity index (χ4v) is 3.38. The third-order valence-corrected chi connectivity index (χ3v) is 3.75.